The van der Waals surface area contributed by atoms with Gasteiger partial charge < -0.3 is 9.84 Å². The maximum atomic E-state index is 13.5. The Balaban J connectivity index is 1.98. The van der Waals surface area contributed by atoms with Crippen LogP contribution in [0.15, 0.2) is 42.5 Å². The van der Waals surface area contributed by atoms with Crippen LogP contribution >= 0.6 is 0 Å². The molecule has 0 aliphatic carbocycles. The van der Waals surface area contributed by atoms with Crippen LogP contribution in [-0.2, 0) is 6.61 Å². The van der Waals surface area contributed by atoms with Gasteiger partial charge >= 0.3 is 0 Å². The quantitative estimate of drug-likeness (QED) is 0.871. The molecule has 0 spiro atoms. The Morgan fingerprint density at radius 3 is 2.62 bits per heavy atom. The summed E-state index contributed by atoms with van der Waals surface area (Å²) in [6, 6.07) is 12.4. The summed E-state index contributed by atoms with van der Waals surface area (Å²) in [5, 5.41) is 8.66. The third kappa shape index (κ3) is 4.62. The van der Waals surface area contributed by atoms with Gasteiger partial charge in [0.1, 0.15) is 6.61 Å². The molecular weight excluding hydrogens is 267 g/mol. The molecule has 2 aromatic carbocycles. The van der Waals surface area contributed by atoms with Crippen molar-refractivity contribution in [3.05, 3.63) is 65.0 Å². The molecule has 0 fully saturated rings. The van der Waals surface area contributed by atoms with Crippen LogP contribution in [0.5, 0.6) is 5.75 Å². The molecule has 3 heteroatoms. The van der Waals surface area contributed by atoms with Gasteiger partial charge in [0.05, 0.1) is 6.61 Å². The summed E-state index contributed by atoms with van der Waals surface area (Å²) in [7, 11) is 0. The lowest BCUT2D eigenvalue weighted by Gasteiger charge is -2.08. The summed E-state index contributed by atoms with van der Waals surface area (Å²) in [5.41, 5.74) is 2.79. The molecule has 0 radical (unpaired) electrons. The second-order valence-electron chi connectivity index (χ2n) is 4.69. The highest BCUT2D eigenvalue weighted by atomic mass is 19.1. The van der Waals surface area contributed by atoms with Crippen LogP contribution in [0, 0.1) is 24.6 Å². The number of aryl methyl sites for hydroxylation is 1. The van der Waals surface area contributed by atoms with Crippen molar-refractivity contribution in [1.29, 1.82) is 0 Å². The van der Waals surface area contributed by atoms with E-state index in [0.29, 0.717) is 13.0 Å². The highest BCUT2D eigenvalue weighted by molar-refractivity contribution is 5.36. The largest absolute Gasteiger partial charge is 0.486 e. The van der Waals surface area contributed by atoms with Crippen molar-refractivity contribution in [1.82, 2.24) is 0 Å². The van der Waals surface area contributed by atoms with Crippen molar-refractivity contribution in [2.75, 3.05) is 6.61 Å². The molecular formula is C18H17FO2. The SMILES string of the molecule is Cc1ccc(F)c(OCc2ccc(C#CCCO)cc2)c1. The lowest BCUT2D eigenvalue weighted by molar-refractivity contribution is 0.290. The van der Waals surface area contributed by atoms with Crippen molar-refractivity contribution in [2.24, 2.45) is 0 Å². The normalized spacial score (nSPS) is 9.86. The molecule has 2 rings (SSSR count). The van der Waals surface area contributed by atoms with Crippen molar-refractivity contribution in [3.63, 3.8) is 0 Å². The second-order valence-corrected chi connectivity index (χ2v) is 4.69. The number of halogens is 1. The van der Waals surface area contributed by atoms with Gasteiger partial charge in [-0.05, 0) is 42.3 Å². The summed E-state index contributed by atoms with van der Waals surface area (Å²) in [4.78, 5) is 0. The Morgan fingerprint density at radius 2 is 1.90 bits per heavy atom. The second kappa shape index (κ2) is 7.47. The molecule has 0 amide bonds. The van der Waals surface area contributed by atoms with Gasteiger partial charge in [-0.1, -0.05) is 30.0 Å². The molecule has 0 saturated heterocycles. The summed E-state index contributed by atoms with van der Waals surface area (Å²) in [5.74, 6) is 5.72. The number of hydrogen-bond acceptors (Lipinski definition) is 2. The average molecular weight is 284 g/mol. The molecule has 108 valence electrons. The molecule has 1 N–H and O–H groups in total. The lowest BCUT2D eigenvalue weighted by atomic mass is 10.1. The fourth-order valence-corrected chi connectivity index (χ4v) is 1.79. The number of ether oxygens (including phenoxy) is 1. The minimum Gasteiger partial charge on any atom is -0.486 e. The van der Waals surface area contributed by atoms with E-state index in [9.17, 15) is 4.39 Å². The standard InChI is InChI=1S/C18H17FO2/c1-14-5-10-17(19)18(12-14)21-13-16-8-6-15(7-9-16)4-2-3-11-20/h5-10,12,20H,3,11,13H2,1H3. The number of rotatable bonds is 4. The summed E-state index contributed by atoms with van der Waals surface area (Å²) < 4.78 is 19.0. The van der Waals surface area contributed by atoms with Crippen LogP contribution in [0.1, 0.15) is 23.1 Å². The summed E-state index contributed by atoms with van der Waals surface area (Å²) in [6.07, 6.45) is 0.470. The zero-order valence-electron chi connectivity index (χ0n) is 11.9. The molecule has 21 heavy (non-hydrogen) atoms. The number of aliphatic hydroxyl groups is 1. The smallest absolute Gasteiger partial charge is 0.165 e. The first kappa shape index (κ1) is 15.1. The van der Waals surface area contributed by atoms with Crippen LogP contribution in [0.4, 0.5) is 4.39 Å². The Morgan fingerprint density at radius 1 is 1.14 bits per heavy atom. The van der Waals surface area contributed by atoms with E-state index in [0.717, 1.165) is 16.7 Å². The Bertz CT molecular complexity index is 651. The predicted molar refractivity (Wildman–Crippen MR) is 80.5 cm³/mol. The highest BCUT2D eigenvalue weighted by Crippen LogP contribution is 2.19. The van der Waals surface area contributed by atoms with Crippen molar-refractivity contribution in [3.8, 4) is 17.6 Å². The molecule has 0 heterocycles. The topological polar surface area (TPSA) is 29.5 Å². The fraction of sp³-hybridized carbons (Fsp3) is 0.222. The molecule has 2 nitrogen and oxygen atoms in total. The van der Waals surface area contributed by atoms with Crippen LogP contribution < -0.4 is 4.74 Å². The average Bonchev–Trinajstić information content (AvgIpc) is 2.50. The van der Waals surface area contributed by atoms with E-state index < -0.39 is 0 Å². The Labute approximate surface area is 124 Å². The van der Waals surface area contributed by atoms with E-state index in [1.54, 1.807) is 12.1 Å². The predicted octanol–water partition coefficient (Wildman–Crippen LogP) is 3.45. The van der Waals surface area contributed by atoms with E-state index in [1.165, 1.54) is 6.07 Å². The maximum Gasteiger partial charge on any atom is 0.165 e. The maximum absolute atomic E-state index is 13.5. The molecule has 0 aliphatic heterocycles. The number of benzene rings is 2. The van der Waals surface area contributed by atoms with Gasteiger partial charge in [0, 0.05) is 12.0 Å². The highest BCUT2D eigenvalue weighted by Gasteiger charge is 2.03. The summed E-state index contributed by atoms with van der Waals surface area (Å²) in [6.45, 7) is 2.28. The van der Waals surface area contributed by atoms with E-state index in [4.69, 9.17) is 9.84 Å². The van der Waals surface area contributed by atoms with Crippen LogP contribution in [0.2, 0.25) is 0 Å². The fourth-order valence-electron chi connectivity index (χ4n) is 1.79. The number of hydrogen-bond donors (Lipinski definition) is 1. The minimum absolute atomic E-state index is 0.0704. The van der Waals surface area contributed by atoms with Gasteiger partial charge in [0.25, 0.3) is 0 Å². The first-order valence-electron chi connectivity index (χ1n) is 6.76. The monoisotopic (exact) mass is 284 g/mol. The van der Waals surface area contributed by atoms with Crippen LogP contribution in [0.25, 0.3) is 0 Å². The zero-order chi connectivity index (χ0) is 15.1. The Hall–Kier alpha value is -2.31. The van der Waals surface area contributed by atoms with Crippen molar-refractivity contribution < 1.29 is 14.2 Å². The minimum atomic E-state index is -0.355. The third-order valence-corrected chi connectivity index (χ3v) is 2.90. The van der Waals surface area contributed by atoms with E-state index in [2.05, 4.69) is 11.8 Å². The van der Waals surface area contributed by atoms with Crippen molar-refractivity contribution in [2.45, 2.75) is 20.0 Å². The van der Waals surface area contributed by atoms with Gasteiger partial charge in [0.15, 0.2) is 11.6 Å². The lowest BCUT2D eigenvalue weighted by Crippen LogP contribution is -1.97. The molecule has 0 aliphatic rings. The molecule has 0 bridgehead atoms. The first-order chi connectivity index (χ1) is 10.2. The van der Waals surface area contributed by atoms with Crippen molar-refractivity contribution >= 4 is 0 Å². The Kier molecular flexibility index (Phi) is 5.36. The van der Waals surface area contributed by atoms with Crippen LogP contribution in [-0.4, -0.2) is 11.7 Å². The molecule has 0 atom stereocenters. The van der Waals surface area contributed by atoms with Crippen LogP contribution in [0.3, 0.4) is 0 Å². The van der Waals surface area contributed by atoms with Gasteiger partial charge in [-0.3, -0.25) is 0 Å². The molecule has 0 unspecified atom stereocenters. The third-order valence-electron chi connectivity index (χ3n) is 2.90. The van der Waals surface area contributed by atoms with Gasteiger partial charge in [-0.25, -0.2) is 4.39 Å². The molecule has 0 aromatic heterocycles. The summed E-state index contributed by atoms with van der Waals surface area (Å²) >= 11 is 0. The molecule has 0 saturated carbocycles. The van der Waals surface area contributed by atoms with Gasteiger partial charge in [-0.2, -0.15) is 0 Å². The number of aliphatic hydroxyl groups excluding tert-OH is 1. The first-order valence-corrected chi connectivity index (χ1v) is 6.76. The van der Waals surface area contributed by atoms with E-state index >= 15 is 0 Å². The molecule has 2 aromatic rings. The van der Waals surface area contributed by atoms with E-state index in [1.807, 2.05) is 31.2 Å². The van der Waals surface area contributed by atoms with E-state index in [-0.39, 0.29) is 18.2 Å². The van der Waals surface area contributed by atoms with Gasteiger partial charge in [-0.15, -0.1) is 0 Å². The zero-order valence-corrected chi connectivity index (χ0v) is 11.9. The van der Waals surface area contributed by atoms with Gasteiger partial charge in [0.2, 0.25) is 0 Å².